The first-order valence-corrected chi connectivity index (χ1v) is 25.3. The molecule has 0 radical (unpaired) electrons. The number of nitrogens with zero attached hydrogens (tertiary/aromatic N) is 1. The van der Waals surface area contributed by atoms with Crippen molar-refractivity contribution in [2.24, 2.45) is 40.7 Å². The zero-order valence-corrected chi connectivity index (χ0v) is 58.9. The van der Waals surface area contributed by atoms with Gasteiger partial charge in [-0.1, -0.05) is 163 Å². The first-order valence-electron chi connectivity index (χ1n) is 25.3. The summed E-state index contributed by atoms with van der Waals surface area (Å²) in [5, 5.41) is 8.06. The van der Waals surface area contributed by atoms with Gasteiger partial charge in [0.25, 0.3) is 0 Å². The van der Waals surface area contributed by atoms with Crippen LogP contribution in [0, 0.1) is 17.8 Å². The standard InChI is InChI=1S/2C8H10.C7H13NO.C6H12O.3C5H12.C3H8O.4CH5N.10CH2O.6H3N/c2*1-2-8-6-4-3-5-7-8;1-7(9)8-5-3-2-4-6-8;1-5-7-6(2,3)4;3*1-4-5(2)3;1-3(2)4;14*1-2;;;;;;/h2*3-7H,2H2,1H3;2-6H2,1H3;5H,1H2,2-4H3;3*5H,4H2,1-3H3;3-4H,1-2H3;4*2H2,1H3;10*1H2;6*1H3. The molecule has 524 valence electrons. The van der Waals surface area contributed by atoms with Gasteiger partial charge in [0.15, 0.2) is 0 Å². The number of benzene rings is 2. The van der Waals surface area contributed by atoms with Gasteiger partial charge >= 0.3 is 0 Å². The van der Waals surface area contributed by atoms with E-state index in [9.17, 15) is 4.79 Å². The van der Waals surface area contributed by atoms with E-state index in [2.05, 4.69) is 154 Å². The molecule has 1 saturated heterocycles. The summed E-state index contributed by atoms with van der Waals surface area (Å²) >= 11 is 0. The lowest BCUT2D eigenvalue weighted by atomic mass is 10.1. The van der Waals surface area contributed by atoms with Gasteiger partial charge in [0.2, 0.25) is 5.91 Å². The molecule has 2 aromatic rings. The average molecular weight is 1240 g/mol. The summed E-state index contributed by atoms with van der Waals surface area (Å²) in [4.78, 5) is 92.6. The molecule has 0 bridgehead atoms. The average Bonchev–Trinajstić information content (AvgIpc) is 3.53. The number of aliphatic hydroxyl groups excluding tert-OH is 1. The Morgan fingerprint density at radius 1 is 0.459 bits per heavy atom. The number of piperidine rings is 1. The van der Waals surface area contributed by atoms with Gasteiger partial charge in [0.05, 0.1) is 11.9 Å². The van der Waals surface area contributed by atoms with E-state index in [0.717, 1.165) is 43.7 Å². The first kappa shape index (κ1) is 165. The van der Waals surface area contributed by atoms with E-state index in [1.807, 2.05) is 106 Å². The van der Waals surface area contributed by atoms with Gasteiger partial charge in [-0.2, -0.15) is 0 Å². The second-order valence-corrected chi connectivity index (χ2v) is 15.1. The Morgan fingerprint density at radius 3 is 0.694 bits per heavy atom. The summed E-state index contributed by atoms with van der Waals surface area (Å²) in [6.45, 7) is 60.7. The topological polar surface area (TPSA) is 535 Å². The van der Waals surface area contributed by atoms with Gasteiger partial charge in [-0.15, -0.1) is 0 Å². The maximum atomic E-state index is 10.7. The molecule has 0 unspecified atom stereocenters. The highest BCUT2D eigenvalue weighted by atomic mass is 16.5. The SMILES string of the molecule is C=COC(C)(C)C.C=O.C=O.C=O.C=O.C=O.C=O.C=O.C=O.C=O.C=O.CC(=O)N1CCCCC1.CC(C)O.CCC(C)C.CCC(C)C.CCC(C)C.CCc1ccccc1.CCc1ccccc1.CN.CN.CN.CN.N.N.N.N.N.N. The van der Waals surface area contributed by atoms with E-state index in [4.69, 9.17) is 57.8 Å². The van der Waals surface area contributed by atoms with Crippen molar-refractivity contribution in [3.8, 4) is 0 Å². The van der Waals surface area contributed by atoms with Crippen LogP contribution in [0.15, 0.2) is 73.5 Å². The van der Waals surface area contributed by atoms with Crippen LogP contribution < -0.4 is 59.8 Å². The Balaban J connectivity index is -0.0000000198. The van der Waals surface area contributed by atoms with Crippen molar-refractivity contribution in [3.63, 3.8) is 0 Å². The van der Waals surface area contributed by atoms with Crippen LogP contribution in [0.1, 0.15) is 167 Å². The molecular formula is C61H147N11O13. The molecule has 1 amide bonds. The van der Waals surface area contributed by atoms with Gasteiger partial charge in [-0.05, 0) is 124 Å². The normalized spacial score (nSPS) is 7.58. The molecule has 0 aliphatic carbocycles. The molecule has 1 aliphatic heterocycles. The molecule has 0 saturated carbocycles. The van der Waals surface area contributed by atoms with Crippen LogP contribution in [-0.2, 0) is 70.3 Å². The fourth-order valence-corrected chi connectivity index (χ4v) is 2.89. The third-order valence-corrected chi connectivity index (χ3v) is 7.19. The zero-order chi connectivity index (χ0) is 68.7. The van der Waals surface area contributed by atoms with Crippen LogP contribution in [0.2, 0.25) is 0 Å². The number of hydrogen-bond donors (Lipinski definition) is 11. The summed E-state index contributed by atoms with van der Waals surface area (Å²) in [5.74, 6) is 2.88. The number of likely N-dealkylation sites (tertiary alicyclic amines) is 1. The largest absolute Gasteiger partial charge is 0.496 e. The minimum Gasteiger partial charge on any atom is -0.496 e. The molecule has 0 spiro atoms. The molecule has 24 nitrogen and oxygen atoms in total. The van der Waals surface area contributed by atoms with Gasteiger partial charge in [0, 0.05) is 26.1 Å². The molecule has 3 rings (SSSR count). The van der Waals surface area contributed by atoms with E-state index < -0.39 is 0 Å². The van der Waals surface area contributed by atoms with Crippen LogP contribution in [0.25, 0.3) is 0 Å². The van der Waals surface area contributed by atoms with Crippen LogP contribution in [-0.4, -0.2) is 137 Å². The molecule has 27 N–H and O–H groups in total. The van der Waals surface area contributed by atoms with Crippen LogP contribution in [0.4, 0.5) is 0 Å². The lowest BCUT2D eigenvalue weighted by Crippen LogP contribution is -2.33. The number of aliphatic hydroxyl groups is 1. The third kappa shape index (κ3) is 349. The van der Waals surface area contributed by atoms with Crippen LogP contribution >= 0.6 is 0 Å². The Morgan fingerprint density at radius 2 is 0.624 bits per heavy atom. The number of nitrogens with two attached hydrogens (primary N) is 4. The summed E-state index contributed by atoms with van der Waals surface area (Å²) in [5.41, 5.74) is 20.8. The summed E-state index contributed by atoms with van der Waals surface area (Å²) in [6.07, 6.45) is 11.2. The lowest BCUT2D eigenvalue weighted by Gasteiger charge is -2.24. The molecular weight excluding hydrogens is 1090 g/mol. The highest BCUT2D eigenvalue weighted by Crippen LogP contribution is 2.08. The van der Waals surface area contributed by atoms with Crippen molar-refractivity contribution in [2.45, 2.75) is 181 Å². The highest BCUT2D eigenvalue weighted by molar-refractivity contribution is 5.73. The van der Waals surface area contributed by atoms with Crippen molar-refractivity contribution in [3.05, 3.63) is 84.6 Å². The number of aryl methyl sites for hydroxylation is 2. The number of hydrogen-bond acceptors (Lipinski definition) is 23. The number of amides is 1. The number of carbonyl (C=O) groups is 11. The number of ether oxygens (including phenoxy) is 1. The molecule has 1 fully saturated rings. The highest BCUT2D eigenvalue weighted by Gasteiger charge is 2.11. The molecule has 0 aromatic heterocycles. The van der Waals surface area contributed by atoms with Crippen molar-refractivity contribution in [1.29, 1.82) is 0 Å². The Kier molecular flexibility index (Phi) is 424. The molecule has 2 aromatic carbocycles. The lowest BCUT2D eigenvalue weighted by molar-refractivity contribution is -0.129. The van der Waals surface area contributed by atoms with Crippen molar-refractivity contribution in [1.82, 2.24) is 41.8 Å². The van der Waals surface area contributed by atoms with Gasteiger partial charge in [-0.3, -0.25) is 4.79 Å². The predicted octanol–water partition coefficient (Wildman–Crippen LogP) is 11.4. The van der Waals surface area contributed by atoms with E-state index in [0.29, 0.717) is 0 Å². The maximum absolute atomic E-state index is 10.7. The quantitative estimate of drug-likeness (QED) is 0.120. The van der Waals surface area contributed by atoms with E-state index in [-0.39, 0.29) is 54.5 Å². The zero-order valence-electron chi connectivity index (χ0n) is 58.9. The fraction of sp³-hybridized carbons (Fsp3) is 0.590. The van der Waals surface area contributed by atoms with E-state index in [1.165, 1.54) is 84.1 Å². The summed E-state index contributed by atoms with van der Waals surface area (Å²) < 4.78 is 4.99. The summed E-state index contributed by atoms with van der Waals surface area (Å²) in [7, 11) is 6.00. The minimum absolute atomic E-state index is 0. The van der Waals surface area contributed by atoms with Crippen molar-refractivity contribution >= 4 is 73.8 Å². The molecule has 1 heterocycles. The maximum Gasteiger partial charge on any atom is 0.219 e. The Hall–Kier alpha value is -6.29. The molecule has 24 heteroatoms. The van der Waals surface area contributed by atoms with Crippen LogP contribution in [0.5, 0.6) is 0 Å². The number of carbonyl (C=O) groups excluding carboxylic acids is 11. The smallest absolute Gasteiger partial charge is 0.219 e. The second kappa shape index (κ2) is 219. The van der Waals surface area contributed by atoms with E-state index in [1.54, 1.807) is 20.8 Å². The predicted molar refractivity (Wildman–Crippen MR) is 373 cm³/mol. The third-order valence-electron chi connectivity index (χ3n) is 7.19. The Labute approximate surface area is 523 Å². The first-order chi connectivity index (χ1) is 37.8. The van der Waals surface area contributed by atoms with Crippen molar-refractivity contribution in [2.75, 3.05) is 41.3 Å². The van der Waals surface area contributed by atoms with Gasteiger partial charge in [0.1, 0.15) is 67.9 Å². The minimum atomic E-state index is -0.167. The van der Waals surface area contributed by atoms with Gasteiger partial charge < -0.3 is 123 Å². The summed E-state index contributed by atoms with van der Waals surface area (Å²) in [6, 6.07) is 20.9. The molecule has 85 heavy (non-hydrogen) atoms. The number of rotatable bonds is 6. The van der Waals surface area contributed by atoms with Gasteiger partial charge in [-0.25, -0.2) is 0 Å². The second-order valence-electron chi connectivity index (χ2n) is 15.1. The van der Waals surface area contributed by atoms with Crippen LogP contribution in [0.3, 0.4) is 0 Å². The van der Waals surface area contributed by atoms with Crippen molar-refractivity contribution < 1.29 is 62.6 Å². The fourth-order valence-electron chi connectivity index (χ4n) is 2.89. The molecule has 0 atom stereocenters. The van der Waals surface area contributed by atoms with E-state index >= 15 is 0 Å². The monoisotopic (exact) mass is 1240 g/mol. The Bertz CT molecular complexity index is 1060. The molecule has 1 aliphatic rings.